The minimum atomic E-state index is 0.748. The summed E-state index contributed by atoms with van der Waals surface area (Å²) in [6.45, 7) is 3.73. The van der Waals surface area contributed by atoms with Crippen LogP contribution >= 0.6 is 0 Å². The smallest absolute Gasteiger partial charge is 0.105 e. The lowest BCUT2D eigenvalue weighted by Gasteiger charge is -2.06. The predicted octanol–water partition coefficient (Wildman–Crippen LogP) is 1.89. The molecule has 94 valence electrons. The van der Waals surface area contributed by atoms with Gasteiger partial charge in [0.15, 0.2) is 0 Å². The Kier molecular flexibility index (Phi) is 3.11. The molecule has 0 amide bonds. The van der Waals surface area contributed by atoms with Crippen molar-refractivity contribution < 1.29 is 0 Å². The lowest BCUT2D eigenvalue weighted by molar-refractivity contribution is 0.683. The number of imidazole rings is 1. The molecular formula is C14H18N4. The van der Waals surface area contributed by atoms with Crippen LogP contribution in [0.25, 0.3) is 0 Å². The third-order valence-electron chi connectivity index (χ3n) is 3.31. The molecule has 18 heavy (non-hydrogen) atoms. The van der Waals surface area contributed by atoms with Crippen LogP contribution in [0.4, 0.5) is 0 Å². The number of aromatic nitrogens is 3. The van der Waals surface area contributed by atoms with E-state index in [9.17, 15) is 0 Å². The molecule has 2 aromatic rings. The van der Waals surface area contributed by atoms with Crippen molar-refractivity contribution in [2.45, 2.75) is 38.9 Å². The Labute approximate surface area is 107 Å². The van der Waals surface area contributed by atoms with Gasteiger partial charge in [0.1, 0.15) is 5.82 Å². The van der Waals surface area contributed by atoms with Gasteiger partial charge in [-0.05, 0) is 31.4 Å². The van der Waals surface area contributed by atoms with Gasteiger partial charge in [-0.2, -0.15) is 0 Å². The van der Waals surface area contributed by atoms with Gasteiger partial charge in [0.2, 0.25) is 0 Å². The van der Waals surface area contributed by atoms with E-state index in [1.54, 1.807) is 0 Å². The lowest BCUT2D eigenvalue weighted by Crippen LogP contribution is -2.15. The van der Waals surface area contributed by atoms with Gasteiger partial charge in [-0.25, -0.2) is 4.98 Å². The van der Waals surface area contributed by atoms with E-state index >= 15 is 0 Å². The molecular weight excluding hydrogens is 224 g/mol. The fourth-order valence-corrected chi connectivity index (χ4v) is 1.95. The first-order chi connectivity index (χ1) is 8.81. The van der Waals surface area contributed by atoms with E-state index < -0.39 is 0 Å². The number of nitrogens with zero attached hydrogens (tertiary/aromatic N) is 3. The molecule has 0 unspecified atom stereocenters. The minimum absolute atomic E-state index is 0.748. The predicted molar refractivity (Wildman–Crippen MR) is 70.2 cm³/mol. The Morgan fingerprint density at radius 3 is 2.83 bits per heavy atom. The van der Waals surface area contributed by atoms with Gasteiger partial charge < -0.3 is 9.88 Å². The summed E-state index contributed by atoms with van der Waals surface area (Å²) < 4.78 is 2.10. The zero-order valence-corrected chi connectivity index (χ0v) is 10.6. The van der Waals surface area contributed by atoms with Crippen molar-refractivity contribution in [2.24, 2.45) is 0 Å². The van der Waals surface area contributed by atoms with Crippen LogP contribution in [-0.4, -0.2) is 20.6 Å². The van der Waals surface area contributed by atoms with E-state index in [-0.39, 0.29) is 0 Å². The van der Waals surface area contributed by atoms with Crippen molar-refractivity contribution in [1.82, 2.24) is 19.9 Å². The molecule has 3 rings (SSSR count). The number of rotatable bonds is 5. The van der Waals surface area contributed by atoms with E-state index in [1.807, 2.05) is 25.5 Å². The third-order valence-corrected chi connectivity index (χ3v) is 3.31. The molecule has 2 aromatic heterocycles. The fourth-order valence-electron chi connectivity index (χ4n) is 1.95. The highest BCUT2D eigenvalue weighted by atomic mass is 15.1. The normalized spacial score (nSPS) is 14.9. The summed E-state index contributed by atoms with van der Waals surface area (Å²) in [4.78, 5) is 8.72. The Morgan fingerprint density at radius 1 is 1.33 bits per heavy atom. The van der Waals surface area contributed by atoms with E-state index in [4.69, 9.17) is 0 Å². The first kappa shape index (κ1) is 11.4. The zero-order valence-electron chi connectivity index (χ0n) is 10.6. The van der Waals surface area contributed by atoms with E-state index in [1.165, 1.54) is 18.4 Å². The summed E-state index contributed by atoms with van der Waals surface area (Å²) in [5.74, 6) is 1.02. The summed E-state index contributed by atoms with van der Waals surface area (Å²) in [6.07, 6.45) is 8.43. The van der Waals surface area contributed by atoms with Crippen LogP contribution in [0.3, 0.4) is 0 Å². The van der Waals surface area contributed by atoms with Crippen molar-refractivity contribution in [3.63, 3.8) is 0 Å². The first-order valence-corrected chi connectivity index (χ1v) is 6.46. The molecule has 0 bridgehead atoms. The van der Waals surface area contributed by atoms with Gasteiger partial charge in [0, 0.05) is 31.2 Å². The van der Waals surface area contributed by atoms with Crippen LogP contribution in [0, 0.1) is 6.92 Å². The zero-order chi connectivity index (χ0) is 12.4. The van der Waals surface area contributed by atoms with Gasteiger partial charge in [-0.15, -0.1) is 0 Å². The number of nitrogens with one attached hydrogen (secondary N) is 1. The molecule has 2 heterocycles. The van der Waals surface area contributed by atoms with Crippen LogP contribution in [0.1, 0.15) is 29.9 Å². The molecule has 0 radical (unpaired) electrons. The fraction of sp³-hybridized carbons (Fsp3) is 0.429. The average Bonchev–Trinajstić information content (AvgIpc) is 3.13. The van der Waals surface area contributed by atoms with Crippen molar-refractivity contribution in [2.75, 3.05) is 0 Å². The van der Waals surface area contributed by atoms with E-state index in [0.717, 1.165) is 30.6 Å². The third kappa shape index (κ3) is 2.76. The summed E-state index contributed by atoms with van der Waals surface area (Å²) in [5.41, 5.74) is 2.33. The molecule has 1 fully saturated rings. The number of hydrogen-bond donors (Lipinski definition) is 1. The summed E-state index contributed by atoms with van der Waals surface area (Å²) >= 11 is 0. The second-order valence-electron chi connectivity index (χ2n) is 4.92. The Hall–Kier alpha value is -1.68. The van der Waals surface area contributed by atoms with Gasteiger partial charge >= 0.3 is 0 Å². The summed E-state index contributed by atoms with van der Waals surface area (Å²) in [7, 11) is 0. The highest BCUT2D eigenvalue weighted by molar-refractivity contribution is 5.15. The molecule has 1 aliphatic carbocycles. The largest absolute Gasteiger partial charge is 0.329 e. The molecule has 1 saturated carbocycles. The van der Waals surface area contributed by atoms with Gasteiger partial charge in [-0.1, -0.05) is 6.07 Å². The highest BCUT2D eigenvalue weighted by Gasteiger charge is 2.19. The maximum Gasteiger partial charge on any atom is 0.105 e. The quantitative estimate of drug-likeness (QED) is 0.870. The summed E-state index contributed by atoms with van der Waals surface area (Å²) in [5, 5.41) is 3.49. The maximum absolute atomic E-state index is 4.50. The van der Waals surface area contributed by atoms with Gasteiger partial charge in [-0.3, -0.25) is 4.98 Å². The molecule has 0 spiro atoms. The monoisotopic (exact) mass is 242 g/mol. The molecule has 0 aliphatic heterocycles. The number of hydrogen-bond acceptors (Lipinski definition) is 3. The van der Waals surface area contributed by atoms with Crippen molar-refractivity contribution in [3.05, 3.63) is 47.8 Å². The van der Waals surface area contributed by atoms with Crippen LogP contribution in [0.15, 0.2) is 30.7 Å². The number of aryl methyl sites for hydroxylation is 1. The Morgan fingerprint density at radius 2 is 2.22 bits per heavy atom. The van der Waals surface area contributed by atoms with Crippen LogP contribution in [0.2, 0.25) is 0 Å². The minimum Gasteiger partial charge on any atom is -0.329 e. The van der Waals surface area contributed by atoms with E-state index in [2.05, 4.69) is 32.0 Å². The SMILES string of the molecule is Cc1nccn1Cc1ccc(CNC2CC2)cn1. The molecule has 0 saturated heterocycles. The standard InChI is InChI=1S/C14H18N4/c1-11-15-6-7-18(11)10-14-3-2-12(9-17-14)8-16-13-4-5-13/h2-3,6-7,9,13,16H,4-5,8,10H2,1H3. The number of pyridine rings is 1. The average molecular weight is 242 g/mol. The van der Waals surface area contributed by atoms with Gasteiger partial charge in [0.05, 0.1) is 12.2 Å². The van der Waals surface area contributed by atoms with E-state index in [0.29, 0.717) is 0 Å². The first-order valence-electron chi connectivity index (χ1n) is 6.46. The van der Waals surface area contributed by atoms with Crippen LogP contribution in [-0.2, 0) is 13.1 Å². The van der Waals surface area contributed by atoms with Crippen molar-refractivity contribution >= 4 is 0 Å². The molecule has 4 nitrogen and oxygen atoms in total. The molecule has 1 N–H and O–H groups in total. The van der Waals surface area contributed by atoms with Crippen LogP contribution in [0.5, 0.6) is 0 Å². The second kappa shape index (κ2) is 4.90. The molecule has 1 aliphatic rings. The Bertz CT molecular complexity index is 511. The molecule has 0 atom stereocenters. The van der Waals surface area contributed by atoms with Crippen molar-refractivity contribution in [1.29, 1.82) is 0 Å². The molecule has 4 heteroatoms. The topological polar surface area (TPSA) is 42.7 Å². The van der Waals surface area contributed by atoms with Crippen LogP contribution < -0.4 is 5.32 Å². The van der Waals surface area contributed by atoms with Gasteiger partial charge in [0.25, 0.3) is 0 Å². The maximum atomic E-state index is 4.50. The highest BCUT2D eigenvalue weighted by Crippen LogP contribution is 2.19. The molecule has 0 aromatic carbocycles. The summed E-state index contributed by atoms with van der Waals surface area (Å²) in [6, 6.07) is 5.01. The second-order valence-corrected chi connectivity index (χ2v) is 4.92. The lowest BCUT2D eigenvalue weighted by atomic mass is 10.2. The Balaban J connectivity index is 1.61. The van der Waals surface area contributed by atoms with Crippen molar-refractivity contribution in [3.8, 4) is 0 Å².